The van der Waals surface area contributed by atoms with E-state index in [4.69, 9.17) is 11.1 Å². The maximum absolute atomic E-state index is 6.80. The molecule has 0 saturated carbocycles. The maximum Gasteiger partial charge on any atom is 0.188 e. The number of guanidine groups is 1. The first-order valence-corrected chi connectivity index (χ1v) is 4.08. The van der Waals surface area contributed by atoms with Crippen LogP contribution in [0.1, 0.15) is 6.92 Å². The van der Waals surface area contributed by atoms with E-state index in [0.29, 0.717) is 0 Å². The second-order valence-electron chi connectivity index (χ2n) is 2.42. The molecular formula is C9H16N4. The highest BCUT2D eigenvalue weighted by molar-refractivity contribution is 5.74. The summed E-state index contributed by atoms with van der Waals surface area (Å²) in [7, 11) is 1.78. The molecule has 0 aliphatic heterocycles. The molecule has 1 aromatic rings. The van der Waals surface area contributed by atoms with Crippen LogP contribution >= 0.6 is 0 Å². The molecule has 0 aliphatic carbocycles. The minimum absolute atomic E-state index is 0.127. The quantitative estimate of drug-likeness (QED) is 0.498. The average molecular weight is 180 g/mol. The lowest BCUT2D eigenvalue weighted by Crippen LogP contribution is -2.32. The van der Waals surface area contributed by atoms with Gasteiger partial charge in [-0.3, -0.25) is 10.4 Å². The Bertz CT molecular complexity index is 196. The fourth-order valence-electron chi connectivity index (χ4n) is 0.483. The molecule has 0 unspecified atom stereocenters. The largest absolute Gasteiger partial charge is 0.370 e. The van der Waals surface area contributed by atoms with Crippen LogP contribution in [0.15, 0.2) is 30.6 Å². The molecule has 4 nitrogen and oxygen atoms in total. The van der Waals surface area contributed by atoms with Gasteiger partial charge in [-0.05, 0) is 19.1 Å². The highest BCUT2D eigenvalue weighted by atomic mass is 15.2. The van der Waals surface area contributed by atoms with Gasteiger partial charge >= 0.3 is 0 Å². The summed E-state index contributed by atoms with van der Waals surface area (Å²) < 4.78 is 0. The van der Waals surface area contributed by atoms with Crippen LogP contribution in [0, 0.1) is 5.41 Å². The molecule has 4 heteroatoms. The second kappa shape index (κ2) is 7.09. The summed E-state index contributed by atoms with van der Waals surface area (Å²) in [6.45, 7) is 2.75. The topological polar surface area (TPSA) is 66.0 Å². The van der Waals surface area contributed by atoms with Crippen LogP contribution in [0.2, 0.25) is 0 Å². The average Bonchev–Trinajstić information content (AvgIpc) is 2.20. The zero-order valence-electron chi connectivity index (χ0n) is 8.07. The van der Waals surface area contributed by atoms with E-state index in [0.717, 1.165) is 6.54 Å². The van der Waals surface area contributed by atoms with Gasteiger partial charge in [-0.25, -0.2) is 0 Å². The molecule has 0 aliphatic rings. The molecule has 0 aromatic carbocycles. The van der Waals surface area contributed by atoms with E-state index in [2.05, 4.69) is 4.98 Å². The molecule has 1 heterocycles. The minimum Gasteiger partial charge on any atom is -0.370 e. The molecule has 0 bridgehead atoms. The van der Waals surface area contributed by atoms with Crippen molar-refractivity contribution in [1.82, 2.24) is 9.88 Å². The summed E-state index contributed by atoms with van der Waals surface area (Å²) in [5.74, 6) is 0.127. The summed E-state index contributed by atoms with van der Waals surface area (Å²) in [6.07, 6.45) is 3.50. The van der Waals surface area contributed by atoms with Crippen LogP contribution in [0.3, 0.4) is 0 Å². The van der Waals surface area contributed by atoms with Crippen molar-refractivity contribution in [2.45, 2.75) is 6.92 Å². The van der Waals surface area contributed by atoms with E-state index in [9.17, 15) is 0 Å². The maximum atomic E-state index is 6.80. The van der Waals surface area contributed by atoms with Gasteiger partial charge in [-0.1, -0.05) is 6.07 Å². The molecule has 0 saturated heterocycles. The molecule has 0 radical (unpaired) electrons. The van der Waals surface area contributed by atoms with Crippen molar-refractivity contribution in [2.75, 3.05) is 13.6 Å². The summed E-state index contributed by atoms with van der Waals surface area (Å²) in [4.78, 5) is 5.44. The summed E-state index contributed by atoms with van der Waals surface area (Å²) in [6, 6.07) is 5.72. The first kappa shape index (κ1) is 11.4. The Hall–Kier alpha value is -1.58. The normalized spacial score (nSPS) is 8.15. The summed E-state index contributed by atoms with van der Waals surface area (Å²) >= 11 is 0. The third kappa shape index (κ3) is 6.80. The van der Waals surface area contributed by atoms with E-state index in [1.165, 1.54) is 0 Å². The molecule has 0 fully saturated rings. The third-order valence-corrected chi connectivity index (χ3v) is 1.45. The standard InChI is InChI=1S/C5H5N.C4H11N3/c1-2-4-6-5-3-1;1-3-7(2)4(5)6/h1-5H;3H2,1-2H3,(H3,5,6). The summed E-state index contributed by atoms with van der Waals surface area (Å²) in [5, 5.41) is 6.80. The molecule has 72 valence electrons. The number of hydrogen-bond acceptors (Lipinski definition) is 2. The smallest absolute Gasteiger partial charge is 0.188 e. The van der Waals surface area contributed by atoms with E-state index in [-0.39, 0.29) is 5.96 Å². The Kier molecular flexibility index (Phi) is 6.23. The van der Waals surface area contributed by atoms with Crippen LogP contribution in [0.25, 0.3) is 0 Å². The van der Waals surface area contributed by atoms with Crippen molar-refractivity contribution >= 4 is 5.96 Å². The molecule has 3 N–H and O–H groups in total. The highest BCUT2D eigenvalue weighted by Crippen LogP contribution is 1.74. The van der Waals surface area contributed by atoms with Gasteiger partial charge in [0.25, 0.3) is 0 Å². The zero-order valence-corrected chi connectivity index (χ0v) is 8.07. The molecule has 0 atom stereocenters. The zero-order chi connectivity index (χ0) is 10.1. The number of aromatic nitrogens is 1. The van der Waals surface area contributed by atoms with Gasteiger partial charge in [0.1, 0.15) is 0 Å². The van der Waals surface area contributed by atoms with Gasteiger partial charge in [-0.2, -0.15) is 0 Å². The van der Waals surface area contributed by atoms with Crippen LogP contribution in [0.4, 0.5) is 0 Å². The van der Waals surface area contributed by atoms with Crippen molar-refractivity contribution in [2.24, 2.45) is 5.73 Å². The highest BCUT2D eigenvalue weighted by Gasteiger charge is 1.89. The van der Waals surface area contributed by atoms with Crippen LogP contribution in [-0.4, -0.2) is 29.4 Å². The first-order valence-electron chi connectivity index (χ1n) is 4.08. The van der Waals surface area contributed by atoms with E-state index in [1.807, 2.05) is 25.1 Å². The lowest BCUT2D eigenvalue weighted by Gasteiger charge is -2.11. The van der Waals surface area contributed by atoms with Crippen molar-refractivity contribution < 1.29 is 0 Å². The van der Waals surface area contributed by atoms with Crippen LogP contribution in [0.5, 0.6) is 0 Å². The summed E-state index contributed by atoms with van der Waals surface area (Å²) in [5.41, 5.74) is 5.06. The van der Waals surface area contributed by atoms with Crippen LogP contribution < -0.4 is 5.73 Å². The lowest BCUT2D eigenvalue weighted by molar-refractivity contribution is 0.525. The molecule has 0 amide bonds. The van der Waals surface area contributed by atoms with Gasteiger partial charge in [0, 0.05) is 26.0 Å². The van der Waals surface area contributed by atoms with Gasteiger partial charge in [0.15, 0.2) is 5.96 Å². The second-order valence-corrected chi connectivity index (χ2v) is 2.42. The fourth-order valence-corrected chi connectivity index (χ4v) is 0.483. The predicted molar refractivity (Wildman–Crippen MR) is 54.5 cm³/mol. The number of rotatable bonds is 1. The Morgan fingerprint density at radius 2 is 1.92 bits per heavy atom. The predicted octanol–water partition coefficient (Wildman–Crippen LogP) is 0.913. The fraction of sp³-hybridized carbons (Fsp3) is 0.333. The Balaban J connectivity index is 0.000000223. The lowest BCUT2D eigenvalue weighted by atomic mass is 10.5. The van der Waals surface area contributed by atoms with Crippen molar-refractivity contribution in [3.8, 4) is 0 Å². The van der Waals surface area contributed by atoms with Crippen molar-refractivity contribution in [3.63, 3.8) is 0 Å². The van der Waals surface area contributed by atoms with Gasteiger partial charge in [-0.15, -0.1) is 0 Å². The number of hydrogen-bond donors (Lipinski definition) is 2. The number of nitrogens with two attached hydrogens (primary N) is 1. The van der Waals surface area contributed by atoms with Crippen LogP contribution in [-0.2, 0) is 0 Å². The van der Waals surface area contributed by atoms with Crippen molar-refractivity contribution in [1.29, 1.82) is 5.41 Å². The molecular weight excluding hydrogens is 164 g/mol. The molecule has 13 heavy (non-hydrogen) atoms. The molecule has 1 rings (SSSR count). The van der Waals surface area contributed by atoms with Gasteiger partial charge < -0.3 is 10.6 Å². The number of nitrogens with one attached hydrogen (secondary N) is 1. The monoisotopic (exact) mass is 180 g/mol. The van der Waals surface area contributed by atoms with Crippen molar-refractivity contribution in [3.05, 3.63) is 30.6 Å². The first-order chi connectivity index (χ1) is 6.18. The third-order valence-electron chi connectivity index (χ3n) is 1.45. The minimum atomic E-state index is 0.127. The van der Waals surface area contributed by atoms with E-state index < -0.39 is 0 Å². The molecule has 0 spiro atoms. The number of nitrogens with zero attached hydrogens (tertiary/aromatic N) is 2. The molecule has 1 aromatic heterocycles. The van der Waals surface area contributed by atoms with E-state index >= 15 is 0 Å². The Morgan fingerprint density at radius 3 is 2.00 bits per heavy atom. The number of pyridine rings is 1. The Morgan fingerprint density at radius 1 is 1.38 bits per heavy atom. The van der Waals surface area contributed by atoms with Gasteiger partial charge in [0.05, 0.1) is 0 Å². The SMILES string of the molecule is CCN(C)C(=N)N.c1ccncc1. The van der Waals surface area contributed by atoms with E-state index in [1.54, 1.807) is 24.3 Å². The van der Waals surface area contributed by atoms with Gasteiger partial charge in [0.2, 0.25) is 0 Å². The Labute approximate surface area is 78.9 Å².